The molecule has 0 aromatic carbocycles. The summed E-state index contributed by atoms with van der Waals surface area (Å²) in [5.41, 5.74) is 1.26. The lowest BCUT2D eigenvalue weighted by Crippen LogP contribution is -2.52. The second kappa shape index (κ2) is 6.97. The normalized spacial score (nSPS) is 23.2. The van der Waals surface area contributed by atoms with Gasteiger partial charge >= 0.3 is 0 Å². The molecule has 0 spiro atoms. The Kier molecular flexibility index (Phi) is 4.91. The maximum Gasteiger partial charge on any atom is 0.256 e. The highest BCUT2D eigenvalue weighted by molar-refractivity contribution is 6.05. The van der Waals surface area contributed by atoms with Crippen molar-refractivity contribution in [2.75, 3.05) is 31.1 Å². The SMILES string of the molecule is Cl.O=C1CCC(N2Cc3nc(N4CCNCC4)ccc3C2=O)C(=O)N1. The van der Waals surface area contributed by atoms with E-state index in [2.05, 4.69) is 20.5 Å². The van der Waals surface area contributed by atoms with Crippen LogP contribution in [0.4, 0.5) is 5.82 Å². The lowest BCUT2D eigenvalue weighted by atomic mass is 10.0. The van der Waals surface area contributed by atoms with E-state index in [1.807, 2.05) is 6.07 Å². The quantitative estimate of drug-likeness (QED) is 0.697. The molecule has 0 bridgehead atoms. The number of hydrogen-bond acceptors (Lipinski definition) is 6. The minimum atomic E-state index is -0.591. The molecular formula is C16H20ClN5O3. The van der Waals surface area contributed by atoms with E-state index in [1.54, 1.807) is 6.07 Å². The van der Waals surface area contributed by atoms with Gasteiger partial charge in [0, 0.05) is 32.6 Å². The molecule has 4 rings (SSSR count). The summed E-state index contributed by atoms with van der Waals surface area (Å²) in [6, 6.07) is 3.08. The third kappa shape index (κ3) is 3.19. The predicted molar refractivity (Wildman–Crippen MR) is 92.6 cm³/mol. The first-order valence-corrected chi connectivity index (χ1v) is 8.24. The molecule has 25 heavy (non-hydrogen) atoms. The van der Waals surface area contributed by atoms with Crippen molar-refractivity contribution in [2.45, 2.75) is 25.4 Å². The lowest BCUT2D eigenvalue weighted by Gasteiger charge is -2.29. The number of pyridine rings is 1. The first-order chi connectivity index (χ1) is 11.6. The van der Waals surface area contributed by atoms with Gasteiger partial charge in [-0.3, -0.25) is 19.7 Å². The highest BCUT2D eigenvalue weighted by Gasteiger charge is 2.39. The molecule has 2 fully saturated rings. The zero-order valence-corrected chi connectivity index (χ0v) is 14.5. The van der Waals surface area contributed by atoms with E-state index in [0.717, 1.165) is 32.0 Å². The highest BCUT2D eigenvalue weighted by Crippen LogP contribution is 2.28. The second-order valence-electron chi connectivity index (χ2n) is 6.30. The summed E-state index contributed by atoms with van der Waals surface area (Å²) in [5, 5.41) is 5.61. The van der Waals surface area contributed by atoms with Crippen LogP contribution >= 0.6 is 12.4 Å². The number of amides is 3. The van der Waals surface area contributed by atoms with Gasteiger partial charge in [0.2, 0.25) is 11.8 Å². The van der Waals surface area contributed by atoms with E-state index >= 15 is 0 Å². The third-order valence-corrected chi connectivity index (χ3v) is 4.80. The molecule has 134 valence electrons. The third-order valence-electron chi connectivity index (χ3n) is 4.80. The van der Waals surface area contributed by atoms with Gasteiger partial charge < -0.3 is 15.1 Å². The van der Waals surface area contributed by atoms with Crippen molar-refractivity contribution in [3.05, 3.63) is 23.4 Å². The number of nitrogens with one attached hydrogen (secondary N) is 2. The molecule has 1 aromatic heterocycles. The van der Waals surface area contributed by atoms with Crippen molar-refractivity contribution < 1.29 is 14.4 Å². The summed E-state index contributed by atoms with van der Waals surface area (Å²) < 4.78 is 0. The average molecular weight is 366 g/mol. The maximum absolute atomic E-state index is 12.6. The Hall–Kier alpha value is -2.19. The van der Waals surface area contributed by atoms with Gasteiger partial charge in [-0.15, -0.1) is 12.4 Å². The second-order valence-corrected chi connectivity index (χ2v) is 6.30. The molecule has 1 atom stereocenters. The van der Waals surface area contributed by atoms with E-state index in [1.165, 1.54) is 4.90 Å². The van der Waals surface area contributed by atoms with Crippen molar-refractivity contribution in [1.82, 2.24) is 20.5 Å². The zero-order chi connectivity index (χ0) is 16.7. The molecule has 2 N–H and O–H groups in total. The molecule has 0 saturated carbocycles. The Balaban J connectivity index is 0.00000182. The Morgan fingerprint density at radius 3 is 2.60 bits per heavy atom. The lowest BCUT2D eigenvalue weighted by molar-refractivity contribution is -0.136. The van der Waals surface area contributed by atoms with E-state index in [0.29, 0.717) is 24.2 Å². The van der Waals surface area contributed by atoms with Crippen LogP contribution in [0.5, 0.6) is 0 Å². The Bertz CT molecular complexity index is 720. The summed E-state index contributed by atoms with van der Waals surface area (Å²) in [4.78, 5) is 44.3. The number of carbonyl (C=O) groups excluding carboxylic acids is 3. The van der Waals surface area contributed by atoms with Gasteiger partial charge in [-0.1, -0.05) is 0 Å². The topological polar surface area (TPSA) is 94.6 Å². The summed E-state index contributed by atoms with van der Waals surface area (Å²) in [7, 11) is 0. The van der Waals surface area contributed by atoms with Crippen molar-refractivity contribution in [3.63, 3.8) is 0 Å². The standard InChI is InChI=1S/C16H19N5O3.ClH/c22-14-4-2-12(15(23)19-14)21-9-11-10(16(21)24)1-3-13(18-11)20-7-5-17-6-8-20;/h1,3,12,17H,2,4-9H2,(H,19,22,23);1H. The molecule has 0 radical (unpaired) electrons. The van der Waals surface area contributed by atoms with E-state index in [4.69, 9.17) is 0 Å². The summed E-state index contributed by atoms with van der Waals surface area (Å²) >= 11 is 0. The number of fused-ring (bicyclic) bond motifs is 1. The molecule has 9 heteroatoms. The summed E-state index contributed by atoms with van der Waals surface area (Å²) in [6.45, 7) is 3.92. The van der Waals surface area contributed by atoms with Gasteiger partial charge in [-0.25, -0.2) is 4.98 Å². The number of carbonyl (C=O) groups is 3. The molecule has 3 amide bonds. The van der Waals surface area contributed by atoms with Gasteiger partial charge in [0.25, 0.3) is 5.91 Å². The number of aromatic nitrogens is 1. The molecule has 3 aliphatic rings. The average Bonchev–Trinajstić information content (AvgIpc) is 2.92. The van der Waals surface area contributed by atoms with Crippen molar-refractivity contribution >= 4 is 35.9 Å². The van der Waals surface area contributed by atoms with Crippen molar-refractivity contribution in [2.24, 2.45) is 0 Å². The number of piperazine rings is 1. The van der Waals surface area contributed by atoms with Crippen molar-refractivity contribution in [3.8, 4) is 0 Å². The van der Waals surface area contributed by atoms with Crippen molar-refractivity contribution in [1.29, 1.82) is 0 Å². The number of halogens is 1. The zero-order valence-electron chi connectivity index (χ0n) is 13.7. The summed E-state index contributed by atoms with van der Waals surface area (Å²) in [6.07, 6.45) is 0.630. The highest BCUT2D eigenvalue weighted by atomic mass is 35.5. The fourth-order valence-electron chi connectivity index (χ4n) is 3.49. The number of imide groups is 1. The number of hydrogen-bond donors (Lipinski definition) is 2. The molecule has 2 saturated heterocycles. The number of piperidine rings is 1. The number of rotatable bonds is 2. The smallest absolute Gasteiger partial charge is 0.256 e. The van der Waals surface area contributed by atoms with Gasteiger partial charge in [-0.05, 0) is 18.6 Å². The predicted octanol–water partition coefficient (Wildman–Crippen LogP) is -0.326. The Labute approximate surface area is 151 Å². The molecule has 3 aliphatic heterocycles. The number of nitrogens with zero attached hydrogens (tertiary/aromatic N) is 3. The fraction of sp³-hybridized carbons (Fsp3) is 0.500. The maximum atomic E-state index is 12.6. The van der Waals surface area contributed by atoms with Crippen LogP contribution in [-0.2, 0) is 16.1 Å². The molecule has 1 aromatic rings. The van der Waals surface area contributed by atoms with Crippen LogP contribution in [0.25, 0.3) is 0 Å². The van der Waals surface area contributed by atoms with Crippen LogP contribution in [0.1, 0.15) is 28.9 Å². The molecule has 0 aliphatic carbocycles. The Morgan fingerprint density at radius 2 is 1.88 bits per heavy atom. The van der Waals surface area contributed by atoms with Gasteiger partial charge in [-0.2, -0.15) is 0 Å². The monoisotopic (exact) mass is 365 g/mol. The van der Waals surface area contributed by atoms with Crippen LogP contribution in [-0.4, -0.2) is 59.8 Å². The molecule has 8 nitrogen and oxygen atoms in total. The largest absolute Gasteiger partial charge is 0.354 e. The first-order valence-electron chi connectivity index (χ1n) is 8.24. The van der Waals surface area contributed by atoms with Crippen LogP contribution in [0, 0.1) is 0 Å². The van der Waals surface area contributed by atoms with Gasteiger partial charge in [0.05, 0.1) is 17.8 Å². The van der Waals surface area contributed by atoms with Gasteiger partial charge in [0.1, 0.15) is 11.9 Å². The van der Waals surface area contributed by atoms with Crippen LogP contribution in [0.3, 0.4) is 0 Å². The van der Waals surface area contributed by atoms with Crippen LogP contribution in [0.15, 0.2) is 12.1 Å². The first kappa shape index (κ1) is 17.6. The van der Waals surface area contributed by atoms with Crippen LogP contribution in [0.2, 0.25) is 0 Å². The molecule has 4 heterocycles. The number of anilines is 1. The van der Waals surface area contributed by atoms with E-state index < -0.39 is 11.9 Å². The molecule has 1 unspecified atom stereocenters. The van der Waals surface area contributed by atoms with Crippen LogP contribution < -0.4 is 15.5 Å². The van der Waals surface area contributed by atoms with E-state index in [-0.39, 0.29) is 30.6 Å². The minimum absolute atomic E-state index is 0. The molecular weight excluding hydrogens is 346 g/mol. The minimum Gasteiger partial charge on any atom is -0.354 e. The Morgan fingerprint density at radius 1 is 1.12 bits per heavy atom. The summed E-state index contributed by atoms with van der Waals surface area (Å²) in [5.74, 6) is 0.0151. The fourth-order valence-corrected chi connectivity index (χ4v) is 3.49. The van der Waals surface area contributed by atoms with E-state index in [9.17, 15) is 14.4 Å². The van der Waals surface area contributed by atoms with Gasteiger partial charge in [0.15, 0.2) is 0 Å².